The first-order valence-electron chi connectivity index (χ1n) is 9.98. The second-order valence-corrected chi connectivity index (χ2v) is 9.10. The summed E-state index contributed by atoms with van der Waals surface area (Å²) in [6, 6.07) is 15.1. The first-order valence-corrected chi connectivity index (χ1v) is 11.0. The van der Waals surface area contributed by atoms with Gasteiger partial charge in [-0.15, -0.1) is 11.8 Å². The van der Waals surface area contributed by atoms with Crippen molar-refractivity contribution in [3.05, 3.63) is 65.2 Å². The van der Waals surface area contributed by atoms with Crippen molar-refractivity contribution in [2.75, 3.05) is 32.5 Å². The first-order chi connectivity index (χ1) is 14.0. The Morgan fingerprint density at radius 3 is 2.38 bits per heavy atom. The molecule has 2 aromatic carbocycles. The van der Waals surface area contributed by atoms with Crippen molar-refractivity contribution in [2.24, 2.45) is 0 Å². The van der Waals surface area contributed by atoms with Gasteiger partial charge >= 0.3 is 0 Å². The van der Waals surface area contributed by atoms with Crippen molar-refractivity contribution in [3.8, 4) is 5.75 Å². The Labute approximate surface area is 176 Å². The Hall–Kier alpha value is -2.47. The zero-order chi connectivity index (χ0) is 20.4. The predicted octanol–water partition coefficient (Wildman–Crippen LogP) is 3.83. The Balaban J connectivity index is 1.46. The molecule has 0 bridgehead atoms. The molecule has 2 fully saturated rings. The monoisotopic (exact) mass is 410 g/mol. The van der Waals surface area contributed by atoms with Crippen molar-refractivity contribution in [1.82, 2.24) is 9.80 Å². The lowest BCUT2D eigenvalue weighted by Gasteiger charge is -2.44. The van der Waals surface area contributed by atoms with Gasteiger partial charge in [0.1, 0.15) is 5.75 Å². The third-order valence-electron chi connectivity index (χ3n) is 5.87. The highest BCUT2D eigenvalue weighted by atomic mass is 32.2. The van der Waals surface area contributed by atoms with Gasteiger partial charge in [-0.05, 0) is 50.1 Å². The van der Waals surface area contributed by atoms with Gasteiger partial charge < -0.3 is 14.5 Å². The van der Waals surface area contributed by atoms with E-state index in [1.165, 1.54) is 0 Å². The minimum absolute atomic E-state index is 0.0261. The highest BCUT2D eigenvalue weighted by molar-refractivity contribution is 8.00. The van der Waals surface area contributed by atoms with E-state index in [0.717, 1.165) is 36.3 Å². The van der Waals surface area contributed by atoms with Crippen LogP contribution in [0, 0.1) is 6.92 Å². The zero-order valence-corrected chi connectivity index (χ0v) is 17.7. The minimum atomic E-state index is -0.201. The molecule has 2 amide bonds. The highest BCUT2D eigenvalue weighted by Gasteiger charge is 2.47. The largest absolute Gasteiger partial charge is 0.497 e. The molecule has 5 nitrogen and oxygen atoms in total. The number of thioether (sulfide) groups is 1. The van der Waals surface area contributed by atoms with Gasteiger partial charge in [0.2, 0.25) is 0 Å². The van der Waals surface area contributed by atoms with Crippen molar-refractivity contribution >= 4 is 23.6 Å². The van der Waals surface area contributed by atoms with Gasteiger partial charge in [0.05, 0.1) is 12.0 Å². The van der Waals surface area contributed by atoms with Crippen LogP contribution in [-0.2, 0) is 0 Å². The summed E-state index contributed by atoms with van der Waals surface area (Å²) in [4.78, 5) is 29.8. The van der Waals surface area contributed by atoms with Crippen LogP contribution >= 0.6 is 11.8 Å². The molecule has 152 valence electrons. The minimum Gasteiger partial charge on any atom is -0.497 e. The number of rotatable bonds is 3. The third-order valence-corrected chi connectivity index (χ3v) is 7.42. The molecule has 0 unspecified atom stereocenters. The molecule has 0 atom stereocenters. The number of hydrogen-bond donors (Lipinski definition) is 0. The number of methoxy groups -OCH3 is 1. The van der Waals surface area contributed by atoms with Crippen LogP contribution in [0.3, 0.4) is 0 Å². The van der Waals surface area contributed by atoms with E-state index in [9.17, 15) is 9.59 Å². The summed E-state index contributed by atoms with van der Waals surface area (Å²) in [6.07, 6.45) is 1.59. The van der Waals surface area contributed by atoms with Crippen LogP contribution in [0.5, 0.6) is 5.75 Å². The number of piperidine rings is 1. The first kappa shape index (κ1) is 19.8. The van der Waals surface area contributed by atoms with Crippen LogP contribution in [0.4, 0.5) is 0 Å². The normalized spacial score (nSPS) is 18.1. The molecule has 0 aromatic heterocycles. The lowest BCUT2D eigenvalue weighted by molar-refractivity contribution is 0.0497. The van der Waals surface area contributed by atoms with Gasteiger partial charge in [0.25, 0.3) is 11.8 Å². The maximum Gasteiger partial charge on any atom is 0.254 e. The van der Waals surface area contributed by atoms with Crippen LogP contribution in [0.15, 0.2) is 48.5 Å². The Morgan fingerprint density at radius 2 is 1.69 bits per heavy atom. The third kappa shape index (κ3) is 3.86. The predicted molar refractivity (Wildman–Crippen MR) is 116 cm³/mol. The number of nitrogens with zero attached hydrogens (tertiary/aromatic N) is 2. The number of hydrogen-bond acceptors (Lipinski definition) is 4. The van der Waals surface area contributed by atoms with Gasteiger partial charge in [-0.25, -0.2) is 0 Å². The van der Waals surface area contributed by atoms with Crippen molar-refractivity contribution < 1.29 is 14.3 Å². The number of likely N-dealkylation sites (tertiary alicyclic amines) is 1. The maximum absolute atomic E-state index is 13.2. The maximum atomic E-state index is 13.2. The quantitative estimate of drug-likeness (QED) is 0.772. The van der Waals surface area contributed by atoms with Crippen LogP contribution in [-0.4, -0.2) is 59.0 Å². The summed E-state index contributed by atoms with van der Waals surface area (Å²) in [6.45, 7) is 4.10. The molecular formula is C23H26N2O3S. The van der Waals surface area contributed by atoms with E-state index in [-0.39, 0.29) is 16.7 Å². The van der Waals surface area contributed by atoms with Crippen molar-refractivity contribution in [2.45, 2.75) is 24.6 Å². The van der Waals surface area contributed by atoms with E-state index < -0.39 is 0 Å². The van der Waals surface area contributed by atoms with Crippen LogP contribution in [0.2, 0.25) is 0 Å². The van der Waals surface area contributed by atoms with Gasteiger partial charge in [0.15, 0.2) is 0 Å². The molecule has 2 aliphatic heterocycles. The Morgan fingerprint density at radius 1 is 0.966 bits per heavy atom. The number of ether oxygens (including phenoxy) is 1. The summed E-state index contributed by atoms with van der Waals surface area (Å²) >= 11 is 1.86. The summed E-state index contributed by atoms with van der Waals surface area (Å²) in [5.74, 6) is 1.76. The van der Waals surface area contributed by atoms with Gasteiger partial charge in [-0.3, -0.25) is 9.59 Å². The molecule has 29 heavy (non-hydrogen) atoms. The fraction of sp³-hybridized carbons (Fsp3) is 0.391. The standard InChI is InChI=1S/C23H26N2O3S/c1-17-6-8-18(9-7-17)22(27)25-14-15-29-23(25)10-12-24(13-11-23)21(26)19-4-3-5-20(16-19)28-2/h3-9,16H,10-15H2,1-2H3. The van der Waals surface area contributed by atoms with Gasteiger partial charge in [-0.2, -0.15) is 0 Å². The van der Waals surface area contributed by atoms with E-state index >= 15 is 0 Å². The SMILES string of the molecule is COc1cccc(C(=O)N2CCC3(CC2)SCCN3C(=O)c2ccc(C)cc2)c1. The van der Waals surface area contributed by atoms with Gasteiger partial charge in [-0.1, -0.05) is 23.8 Å². The zero-order valence-electron chi connectivity index (χ0n) is 16.9. The second-order valence-electron chi connectivity index (χ2n) is 7.64. The second kappa shape index (κ2) is 8.11. The lowest BCUT2D eigenvalue weighted by atomic mass is 10.00. The van der Waals surface area contributed by atoms with Crippen LogP contribution in [0.25, 0.3) is 0 Å². The number of carbonyl (C=O) groups excluding carboxylic acids is 2. The van der Waals surface area contributed by atoms with Crippen molar-refractivity contribution in [1.29, 1.82) is 0 Å². The van der Waals surface area contributed by atoms with Gasteiger partial charge in [0, 0.05) is 36.5 Å². The summed E-state index contributed by atoms with van der Waals surface area (Å²) in [7, 11) is 1.60. The molecule has 0 aliphatic carbocycles. The smallest absolute Gasteiger partial charge is 0.254 e. The summed E-state index contributed by atoms with van der Waals surface area (Å²) in [5, 5.41) is 0. The summed E-state index contributed by atoms with van der Waals surface area (Å²) in [5.41, 5.74) is 2.54. The van der Waals surface area contributed by atoms with Crippen LogP contribution in [0.1, 0.15) is 39.1 Å². The average molecular weight is 411 g/mol. The molecule has 0 N–H and O–H groups in total. The number of benzene rings is 2. The van der Waals surface area contributed by atoms with Crippen LogP contribution < -0.4 is 4.74 Å². The Bertz CT molecular complexity index is 905. The topological polar surface area (TPSA) is 49.9 Å². The molecule has 2 aromatic rings. The average Bonchev–Trinajstić information content (AvgIpc) is 3.16. The van der Waals surface area contributed by atoms with Crippen molar-refractivity contribution in [3.63, 3.8) is 0 Å². The van der Waals surface area contributed by atoms with E-state index in [2.05, 4.69) is 0 Å². The van der Waals surface area contributed by atoms with E-state index in [1.54, 1.807) is 13.2 Å². The fourth-order valence-corrected chi connectivity index (χ4v) is 5.61. The highest BCUT2D eigenvalue weighted by Crippen LogP contribution is 2.44. The van der Waals surface area contributed by atoms with E-state index in [0.29, 0.717) is 24.4 Å². The molecule has 0 saturated carbocycles. The lowest BCUT2D eigenvalue weighted by Crippen LogP contribution is -2.53. The fourth-order valence-electron chi connectivity index (χ4n) is 4.16. The molecule has 0 radical (unpaired) electrons. The summed E-state index contributed by atoms with van der Waals surface area (Å²) < 4.78 is 5.24. The Kier molecular flexibility index (Phi) is 5.54. The number of amides is 2. The molecule has 6 heteroatoms. The molecular weight excluding hydrogens is 384 g/mol. The molecule has 1 spiro atoms. The number of carbonyl (C=O) groups is 2. The molecule has 2 heterocycles. The molecule has 4 rings (SSSR count). The van der Waals surface area contributed by atoms with E-state index in [4.69, 9.17) is 4.74 Å². The van der Waals surface area contributed by atoms with E-state index in [1.807, 2.05) is 71.0 Å². The molecule has 2 aliphatic rings. The number of aryl methyl sites for hydroxylation is 1. The molecule has 2 saturated heterocycles.